The van der Waals surface area contributed by atoms with Crippen molar-refractivity contribution in [3.05, 3.63) is 23.9 Å². The van der Waals surface area contributed by atoms with Gasteiger partial charge in [0, 0.05) is 44.0 Å². The molecule has 0 radical (unpaired) electrons. The predicted molar refractivity (Wildman–Crippen MR) is 83.8 cm³/mol. The smallest absolute Gasteiger partial charge is 0.317 e. The average Bonchev–Trinajstić information content (AvgIpc) is 2.59. The number of rotatable bonds is 3. The van der Waals surface area contributed by atoms with Gasteiger partial charge in [0.1, 0.15) is 0 Å². The summed E-state index contributed by atoms with van der Waals surface area (Å²) in [4.78, 5) is 21.0. The number of piperidine rings is 1. The lowest BCUT2D eigenvalue weighted by atomic mass is 10.00. The molecule has 1 aromatic rings. The van der Waals surface area contributed by atoms with E-state index in [9.17, 15) is 4.79 Å². The van der Waals surface area contributed by atoms with Crippen molar-refractivity contribution >= 4 is 6.03 Å². The highest BCUT2D eigenvalue weighted by molar-refractivity contribution is 5.74. The Morgan fingerprint density at radius 1 is 1.41 bits per heavy atom. The average molecular weight is 304 g/mol. The van der Waals surface area contributed by atoms with E-state index in [1.54, 1.807) is 13.3 Å². The first-order valence-electron chi connectivity index (χ1n) is 8.02. The molecule has 0 saturated carbocycles. The van der Waals surface area contributed by atoms with E-state index in [1.165, 1.54) is 25.8 Å². The first kappa shape index (κ1) is 15.1. The van der Waals surface area contributed by atoms with E-state index in [2.05, 4.69) is 15.2 Å². The zero-order chi connectivity index (χ0) is 15.4. The summed E-state index contributed by atoms with van der Waals surface area (Å²) in [7, 11) is 1.59. The molecule has 6 nitrogen and oxygen atoms in total. The maximum Gasteiger partial charge on any atom is 0.317 e. The van der Waals surface area contributed by atoms with Crippen LogP contribution in [0.15, 0.2) is 18.3 Å². The number of methoxy groups -OCH3 is 1. The van der Waals surface area contributed by atoms with Gasteiger partial charge in [-0.25, -0.2) is 9.78 Å². The zero-order valence-corrected chi connectivity index (χ0v) is 13.1. The first-order chi connectivity index (χ1) is 10.8. The molecule has 22 heavy (non-hydrogen) atoms. The van der Waals surface area contributed by atoms with Crippen molar-refractivity contribution in [1.29, 1.82) is 0 Å². The number of hydrogen-bond donors (Lipinski definition) is 1. The van der Waals surface area contributed by atoms with Crippen LogP contribution in [0.1, 0.15) is 24.8 Å². The van der Waals surface area contributed by atoms with Gasteiger partial charge >= 0.3 is 6.03 Å². The van der Waals surface area contributed by atoms with Crippen LogP contribution in [-0.2, 0) is 6.54 Å². The summed E-state index contributed by atoms with van der Waals surface area (Å²) in [6.45, 7) is 4.28. The van der Waals surface area contributed by atoms with Crippen LogP contribution in [-0.4, -0.2) is 60.1 Å². The summed E-state index contributed by atoms with van der Waals surface area (Å²) < 4.78 is 5.21. The fraction of sp³-hybridized carbons (Fsp3) is 0.625. The van der Waals surface area contributed by atoms with Crippen molar-refractivity contribution in [3.8, 4) is 5.88 Å². The van der Waals surface area contributed by atoms with Crippen LogP contribution < -0.4 is 10.1 Å². The summed E-state index contributed by atoms with van der Waals surface area (Å²) in [6.07, 6.45) is 5.47. The predicted octanol–water partition coefficient (Wildman–Crippen LogP) is 1.47. The van der Waals surface area contributed by atoms with E-state index in [0.29, 0.717) is 18.5 Å². The molecule has 1 N–H and O–H groups in total. The van der Waals surface area contributed by atoms with Crippen molar-refractivity contribution in [2.24, 2.45) is 0 Å². The molecule has 2 saturated heterocycles. The number of amides is 2. The molecule has 120 valence electrons. The molecule has 0 aliphatic carbocycles. The molecule has 6 heteroatoms. The quantitative estimate of drug-likeness (QED) is 0.919. The van der Waals surface area contributed by atoms with Crippen LogP contribution in [0.5, 0.6) is 5.88 Å². The van der Waals surface area contributed by atoms with Gasteiger partial charge in [-0.15, -0.1) is 0 Å². The van der Waals surface area contributed by atoms with Gasteiger partial charge in [-0.05, 0) is 25.5 Å². The van der Waals surface area contributed by atoms with Gasteiger partial charge in [0.2, 0.25) is 5.88 Å². The number of aromatic nitrogens is 1. The summed E-state index contributed by atoms with van der Waals surface area (Å²) in [5.74, 6) is 0.569. The number of hydrogen-bond acceptors (Lipinski definition) is 4. The molecule has 3 heterocycles. The second kappa shape index (κ2) is 6.96. The van der Waals surface area contributed by atoms with Gasteiger partial charge in [0.25, 0.3) is 0 Å². The van der Waals surface area contributed by atoms with Crippen molar-refractivity contribution < 1.29 is 9.53 Å². The fourth-order valence-corrected chi connectivity index (χ4v) is 3.37. The number of urea groups is 1. The molecule has 1 atom stereocenters. The highest BCUT2D eigenvalue weighted by Gasteiger charge is 2.30. The molecule has 2 aliphatic heterocycles. The highest BCUT2D eigenvalue weighted by Crippen LogP contribution is 2.21. The largest absolute Gasteiger partial charge is 0.481 e. The lowest BCUT2D eigenvalue weighted by molar-refractivity contribution is 0.0642. The van der Waals surface area contributed by atoms with Gasteiger partial charge in [0.15, 0.2) is 0 Å². The summed E-state index contributed by atoms with van der Waals surface area (Å²) in [5.41, 5.74) is 0.898. The summed E-state index contributed by atoms with van der Waals surface area (Å²) >= 11 is 0. The Morgan fingerprint density at radius 2 is 2.32 bits per heavy atom. The standard InChI is InChI=1S/C16H24N4O2/c1-22-15-13(5-4-7-17-15)11-18-16(21)20-10-9-19-8-3-2-6-14(19)12-20/h4-5,7,14H,2-3,6,8-12H2,1H3,(H,18,21)/t14-/m0/s1. The Balaban J connectivity index is 1.54. The normalized spacial score (nSPS) is 22.0. The maximum absolute atomic E-state index is 12.4. The Kier molecular flexibility index (Phi) is 4.77. The van der Waals surface area contributed by atoms with Gasteiger partial charge in [-0.3, -0.25) is 4.90 Å². The molecule has 0 bridgehead atoms. The Labute approximate surface area is 131 Å². The number of nitrogens with zero attached hydrogens (tertiary/aromatic N) is 3. The number of piperazine rings is 1. The number of carbonyl (C=O) groups is 1. The van der Waals surface area contributed by atoms with Crippen molar-refractivity contribution in [2.75, 3.05) is 33.3 Å². The van der Waals surface area contributed by atoms with Crippen LogP contribution in [0.25, 0.3) is 0 Å². The van der Waals surface area contributed by atoms with Crippen molar-refractivity contribution in [3.63, 3.8) is 0 Å². The van der Waals surface area contributed by atoms with E-state index in [1.807, 2.05) is 17.0 Å². The maximum atomic E-state index is 12.4. The first-order valence-corrected chi connectivity index (χ1v) is 8.02. The second-order valence-corrected chi connectivity index (χ2v) is 5.96. The molecular weight excluding hydrogens is 280 g/mol. The minimum Gasteiger partial charge on any atom is -0.481 e. The highest BCUT2D eigenvalue weighted by atomic mass is 16.5. The van der Waals surface area contributed by atoms with E-state index >= 15 is 0 Å². The molecule has 0 aromatic carbocycles. The molecule has 2 aliphatic rings. The number of carbonyl (C=O) groups excluding carboxylic acids is 1. The number of nitrogens with one attached hydrogen (secondary N) is 1. The molecule has 2 amide bonds. The third-order valence-electron chi connectivity index (χ3n) is 4.60. The van der Waals surface area contributed by atoms with Gasteiger partial charge < -0.3 is 15.0 Å². The monoisotopic (exact) mass is 304 g/mol. The van der Waals surface area contributed by atoms with E-state index < -0.39 is 0 Å². The summed E-state index contributed by atoms with van der Waals surface area (Å²) in [6, 6.07) is 4.33. The van der Waals surface area contributed by atoms with Crippen molar-refractivity contribution in [1.82, 2.24) is 20.1 Å². The molecule has 0 unspecified atom stereocenters. The van der Waals surface area contributed by atoms with Crippen molar-refractivity contribution in [2.45, 2.75) is 31.8 Å². The van der Waals surface area contributed by atoms with E-state index in [-0.39, 0.29) is 6.03 Å². The molecule has 3 rings (SSSR count). The topological polar surface area (TPSA) is 57.7 Å². The molecule has 0 spiro atoms. The van der Waals surface area contributed by atoms with Gasteiger partial charge in [-0.1, -0.05) is 12.5 Å². The zero-order valence-electron chi connectivity index (χ0n) is 13.1. The van der Waals surface area contributed by atoms with Crippen LogP contribution in [0.2, 0.25) is 0 Å². The van der Waals surface area contributed by atoms with E-state index in [4.69, 9.17) is 4.74 Å². The van der Waals surface area contributed by atoms with Crippen LogP contribution in [0.3, 0.4) is 0 Å². The lowest BCUT2D eigenvalue weighted by Crippen LogP contribution is -2.57. The third-order valence-corrected chi connectivity index (χ3v) is 4.60. The lowest BCUT2D eigenvalue weighted by Gasteiger charge is -2.43. The van der Waals surface area contributed by atoms with Crippen LogP contribution >= 0.6 is 0 Å². The van der Waals surface area contributed by atoms with Gasteiger partial charge in [-0.2, -0.15) is 0 Å². The van der Waals surface area contributed by atoms with Gasteiger partial charge in [0.05, 0.1) is 7.11 Å². The Morgan fingerprint density at radius 3 is 3.18 bits per heavy atom. The van der Waals surface area contributed by atoms with Crippen LogP contribution in [0, 0.1) is 0 Å². The number of ether oxygens (including phenoxy) is 1. The number of pyridine rings is 1. The third kappa shape index (κ3) is 3.32. The number of fused-ring (bicyclic) bond motifs is 1. The minimum atomic E-state index is 0.0103. The SMILES string of the molecule is COc1ncccc1CNC(=O)N1CCN2CCCC[C@H]2C1. The summed E-state index contributed by atoms with van der Waals surface area (Å²) in [5, 5.41) is 2.99. The minimum absolute atomic E-state index is 0.0103. The van der Waals surface area contributed by atoms with Crippen LogP contribution in [0.4, 0.5) is 4.79 Å². The second-order valence-electron chi connectivity index (χ2n) is 5.96. The Bertz CT molecular complexity index is 523. The molecule has 2 fully saturated rings. The molecule has 1 aromatic heterocycles. The fourth-order valence-electron chi connectivity index (χ4n) is 3.37. The Hall–Kier alpha value is -1.82. The molecular formula is C16H24N4O2. The van der Waals surface area contributed by atoms with E-state index in [0.717, 1.165) is 25.2 Å².